The number of carbonyl (C=O) groups excluding carboxylic acids is 1. The molecule has 3 N–H and O–H groups in total. The van der Waals surface area contributed by atoms with E-state index in [9.17, 15) is 14.7 Å². The molecule has 3 atom stereocenters. The molecule has 248 valence electrons. The topological polar surface area (TPSA) is 121 Å². The van der Waals surface area contributed by atoms with Gasteiger partial charge in [-0.1, -0.05) is 40.0 Å². The van der Waals surface area contributed by atoms with Crippen LogP contribution in [0.3, 0.4) is 0 Å². The average Bonchev–Trinajstić information content (AvgIpc) is 3.78. The molecule has 8 nitrogen and oxygen atoms in total. The molecule has 0 saturated carbocycles. The van der Waals surface area contributed by atoms with Crippen LogP contribution in [0, 0.1) is 13.8 Å². The minimum absolute atomic E-state index is 0.0205. The molecule has 0 saturated heterocycles. The standard InChI is InChI=1S/C39H48N4O4/c1-8-10-11-12-15-47-24(7)36-22(5)30-17-29-21(4)26(13-14-35(45)46)38(42-29)27-16-34(44)37-23(6)31(43-39(27)37)18-32-25(9-2)20(3)28(40-32)19-33(36)41-30/h17-19,21,24,26,41,43H,8-16H2,1-7H3,(H,45,46)/t21-,24?,26-/m0/s1. The SMILES string of the molecule is CCCCCCOC(C)c1c(C)c2cc3nc(c4c5[nH]c(cc6nc(cc1[nH]2)C(C)=C6CC)c(C)c5C(=O)C4)[C@@H](CCC(=O)O)[C@@H]3C. The van der Waals surface area contributed by atoms with Crippen molar-refractivity contribution in [2.45, 2.75) is 118 Å². The van der Waals surface area contributed by atoms with Crippen molar-refractivity contribution in [2.75, 3.05) is 6.61 Å². The summed E-state index contributed by atoms with van der Waals surface area (Å²) in [6.45, 7) is 15.6. The molecule has 1 aliphatic carbocycles. The lowest BCUT2D eigenvalue weighted by Crippen LogP contribution is -2.08. The first-order valence-corrected chi connectivity index (χ1v) is 17.4. The fourth-order valence-electron chi connectivity index (χ4n) is 7.84. The number of aromatic amines is 2. The minimum atomic E-state index is -0.828. The number of hydrogen-bond acceptors (Lipinski definition) is 5. The molecule has 0 radical (unpaired) electrons. The highest BCUT2D eigenvalue weighted by atomic mass is 16.5. The summed E-state index contributed by atoms with van der Waals surface area (Å²) in [6, 6.07) is 6.35. The van der Waals surface area contributed by atoms with Crippen molar-refractivity contribution >= 4 is 45.0 Å². The van der Waals surface area contributed by atoms with E-state index in [-0.39, 0.29) is 36.6 Å². The normalized spacial score (nSPS) is 18.0. The van der Waals surface area contributed by atoms with Gasteiger partial charge in [-0.3, -0.25) is 14.6 Å². The van der Waals surface area contributed by atoms with Crippen LogP contribution in [-0.4, -0.2) is 43.4 Å². The van der Waals surface area contributed by atoms with Gasteiger partial charge in [0.05, 0.1) is 28.7 Å². The Kier molecular flexibility index (Phi) is 9.25. The molecule has 0 aromatic carbocycles. The molecule has 2 aliphatic heterocycles. The van der Waals surface area contributed by atoms with Gasteiger partial charge in [-0.15, -0.1) is 0 Å². The molecule has 3 aromatic rings. The molecule has 0 spiro atoms. The van der Waals surface area contributed by atoms with Crippen LogP contribution < -0.4 is 0 Å². The van der Waals surface area contributed by atoms with Crippen LogP contribution in [0.2, 0.25) is 0 Å². The van der Waals surface area contributed by atoms with Crippen molar-refractivity contribution in [3.05, 3.63) is 68.8 Å². The van der Waals surface area contributed by atoms with E-state index in [0.717, 1.165) is 91.9 Å². The predicted octanol–water partition coefficient (Wildman–Crippen LogP) is 9.42. The number of nitrogens with one attached hydrogen (secondary N) is 2. The second-order valence-electron chi connectivity index (χ2n) is 13.6. The van der Waals surface area contributed by atoms with Crippen LogP contribution in [0.1, 0.15) is 153 Å². The van der Waals surface area contributed by atoms with Crippen LogP contribution in [0.4, 0.5) is 0 Å². The number of aliphatic carboxylic acids is 1. The molecule has 3 aromatic heterocycles. The van der Waals surface area contributed by atoms with Crippen LogP contribution in [0.5, 0.6) is 0 Å². The van der Waals surface area contributed by atoms with Crippen LogP contribution in [0.15, 0.2) is 18.2 Å². The van der Waals surface area contributed by atoms with E-state index in [2.05, 4.69) is 69.7 Å². The predicted molar refractivity (Wildman–Crippen MR) is 188 cm³/mol. The summed E-state index contributed by atoms with van der Waals surface area (Å²) in [5.74, 6) is -0.890. The van der Waals surface area contributed by atoms with Crippen molar-refractivity contribution in [1.82, 2.24) is 19.9 Å². The number of carboxylic acids is 1. The molecule has 0 fully saturated rings. The van der Waals surface area contributed by atoms with Gasteiger partial charge in [0.2, 0.25) is 0 Å². The molecule has 6 rings (SSSR count). The maximum Gasteiger partial charge on any atom is 0.303 e. The van der Waals surface area contributed by atoms with Crippen LogP contribution >= 0.6 is 0 Å². The Morgan fingerprint density at radius 1 is 1.00 bits per heavy atom. The zero-order valence-electron chi connectivity index (χ0n) is 28.9. The zero-order valence-corrected chi connectivity index (χ0v) is 28.9. The number of aryl methyl sites for hydroxylation is 2. The fourth-order valence-corrected chi connectivity index (χ4v) is 7.84. The van der Waals surface area contributed by atoms with Gasteiger partial charge in [-0.25, -0.2) is 4.98 Å². The first-order chi connectivity index (χ1) is 22.5. The molecule has 5 heterocycles. The number of allylic oxidation sites excluding steroid dienone is 2. The highest BCUT2D eigenvalue weighted by molar-refractivity contribution is 6.13. The van der Waals surface area contributed by atoms with Gasteiger partial charge < -0.3 is 19.8 Å². The van der Waals surface area contributed by atoms with Crippen LogP contribution in [0.25, 0.3) is 33.2 Å². The maximum absolute atomic E-state index is 13.5. The summed E-state index contributed by atoms with van der Waals surface area (Å²) < 4.78 is 6.43. The number of nitrogens with zero attached hydrogens (tertiary/aromatic N) is 2. The number of unbranched alkanes of at least 4 members (excludes halogenated alkanes) is 3. The highest BCUT2D eigenvalue weighted by Gasteiger charge is 2.36. The van der Waals surface area contributed by atoms with Crippen molar-refractivity contribution in [3.63, 3.8) is 0 Å². The number of ether oxygens (including phenoxy) is 1. The summed E-state index contributed by atoms with van der Waals surface area (Å²) >= 11 is 0. The van der Waals surface area contributed by atoms with E-state index in [1.54, 1.807) is 0 Å². The Balaban J connectivity index is 1.65. The van der Waals surface area contributed by atoms with E-state index >= 15 is 0 Å². The number of fused-ring (bicyclic) bond motifs is 8. The molecule has 0 amide bonds. The van der Waals surface area contributed by atoms with Crippen molar-refractivity contribution in [3.8, 4) is 0 Å². The summed E-state index contributed by atoms with van der Waals surface area (Å²) in [4.78, 5) is 42.9. The third kappa shape index (κ3) is 5.97. The number of H-pyrrole nitrogens is 2. The Morgan fingerprint density at radius 3 is 2.47 bits per heavy atom. The molecular weight excluding hydrogens is 588 g/mol. The Hall–Kier alpha value is -4.04. The smallest absolute Gasteiger partial charge is 0.303 e. The first-order valence-electron chi connectivity index (χ1n) is 17.4. The number of hydrogen-bond donors (Lipinski definition) is 3. The summed E-state index contributed by atoms with van der Waals surface area (Å²) in [6.07, 6.45) is 6.07. The number of ketones is 1. The Morgan fingerprint density at radius 2 is 1.74 bits per heavy atom. The summed E-state index contributed by atoms with van der Waals surface area (Å²) in [7, 11) is 0. The van der Waals surface area contributed by atoms with Crippen molar-refractivity contribution in [1.29, 1.82) is 0 Å². The monoisotopic (exact) mass is 636 g/mol. The first kappa shape index (κ1) is 32.9. The van der Waals surface area contributed by atoms with Crippen molar-refractivity contribution < 1.29 is 19.4 Å². The summed E-state index contributed by atoms with van der Waals surface area (Å²) in [5.41, 5.74) is 14.2. The lowest BCUT2D eigenvalue weighted by Gasteiger charge is -2.16. The molecule has 47 heavy (non-hydrogen) atoms. The third-order valence-corrected chi connectivity index (χ3v) is 10.6. The second kappa shape index (κ2) is 13.2. The number of aromatic nitrogens is 4. The van der Waals surface area contributed by atoms with Crippen molar-refractivity contribution in [2.24, 2.45) is 0 Å². The number of Topliss-reactive ketones (excluding diaryl/α,β-unsaturated/α-hetero) is 1. The highest BCUT2D eigenvalue weighted by Crippen LogP contribution is 2.44. The fraction of sp³-hybridized carbons (Fsp3) is 0.487. The van der Waals surface area contributed by atoms with E-state index in [1.807, 2.05) is 6.92 Å². The van der Waals surface area contributed by atoms with Gasteiger partial charge in [0.15, 0.2) is 5.78 Å². The lowest BCUT2D eigenvalue weighted by molar-refractivity contribution is -0.137. The average molecular weight is 637 g/mol. The largest absolute Gasteiger partial charge is 0.481 e. The van der Waals surface area contributed by atoms with E-state index in [4.69, 9.17) is 14.7 Å². The third-order valence-electron chi connectivity index (χ3n) is 10.6. The molecular formula is C39H48N4O4. The lowest BCUT2D eigenvalue weighted by atomic mass is 9.85. The van der Waals surface area contributed by atoms with E-state index in [1.165, 1.54) is 18.4 Å². The number of rotatable bonds is 11. The van der Waals surface area contributed by atoms with Gasteiger partial charge in [0.1, 0.15) is 0 Å². The minimum Gasteiger partial charge on any atom is -0.481 e. The van der Waals surface area contributed by atoms with Gasteiger partial charge >= 0.3 is 5.97 Å². The number of carbonyl (C=O) groups is 2. The molecule has 3 aliphatic rings. The zero-order chi connectivity index (χ0) is 33.6. The van der Waals surface area contributed by atoms with Gasteiger partial charge in [0.25, 0.3) is 0 Å². The van der Waals surface area contributed by atoms with Crippen LogP contribution in [-0.2, 0) is 16.0 Å². The quantitative estimate of drug-likeness (QED) is 0.180. The second-order valence-corrected chi connectivity index (χ2v) is 13.6. The molecule has 8 heteroatoms. The van der Waals surface area contributed by atoms with E-state index < -0.39 is 5.97 Å². The Labute approximate surface area is 277 Å². The molecule has 8 bridgehead atoms. The maximum atomic E-state index is 13.5. The van der Waals surface area contributed by atoms with E-state index in [0.29, 0.717) is 18.6 Å². The summed E-state index contributed by atoms with van der Waals surface area (Å²) in [5, 5.41) is 9.62. The molecule has 1 unspecified atom stereocenters. The van der Waals surface area contributed by atoms with Gasteiger partial charge in [0, 0.05) is 70.2 Å². The number of carboxylic acid groups (broad SMARTS) is 1. The Bertz CT molecular complexity index is 1950. The van der Waals surface area contributed by atoms with Gasteiger partial charge in [-0.2, -0.15) is 0 Å². The van der Waals surface area contributed by atoms with Gasteiger partial charge in [-0.05, 0) is 87.4 Å².